The Labute approximate surface area is 145 Å². The zero-order valence-corrected chi connectivity index (χ0v) is 13.3. The lowest BCUT2D eigenvalue weighted by atomic mass is 10.2. The molecule has 0 atom stereocenters. The number of imidazole rings is 1. The summed E-state index contributed by atoms with van der Waals surface area (Å²) in [5.41, 5.74) is 0.367. The molecule has 3 rings (SSSR count). The number of hydrogen-bond acceptors (Lipinski definition) is 2. The van der Waals surface area contributed by atoms with Gasteiger partial charge in [-0.2, -0.15) is 13.2 Å². The molecule has 25 heavy (non-hydrogen) atoms. The summed E-state index contributed by atoms with van der Waals surface area (Å²) in [4.78, 5) is 16.2. The topological polar surface area (TPSA) is 46.4 Å². The summed E-state index contributed by atoms with van der Waals surface area (Å²) in [5.74, 6) is -0.605. The fourth-order valence-corrected chi connectivity index (χ4v) is 2.37. The number of nitrogens with one attached hydrogen (secondary N) is 1. The number of alkyl halides is 3. The van der Waals surface area contributed by atoms with Gasteiger partial charge in [0, 0.05) is 12.3 Å². The lowest BCUT2D eigenvalue weighted by Crippen LogP contribution is -2.11. The molecule has 1 amide bonds. The molecule has 0 bridgehead atoms. The van der Waals surface area contributed by atoms with E-state index >= 15 is 0 Å². The molecule has 0 saturated heterocycles. The van der Waals surface area contributed by atoms with E-state index in [1.54, 1.807) is 22.9 Å². The van der Waals surface area contributed by atoms with Crippen molar-refractivity contribution in [3.63, 3.8) is 0 Å². The fourth-order valence-electron chi connectivity index (χ4n) is 2.21. The minimum Gasteiger partial charge on any atom is -0.321 e. The molecule has 128 valence electrons. The molecule has 0 fully saturated rings. The molecule has 4 nitrogen and oxygen atoms in total. The van der Waals surface area contributed by atoms with E-state index < -0.39 is 17.6 Å². The van der Waals surface area contributed by atoms with Crippen molar-refractivity contribution in [2.45, 2.75) is 6.18 Å². The summed E-state index contributed by atoms with van der Waals surface area (Å²) in [7, 11) is 0. The molecule has 0 saturated carbocycles. The number of benzene rings is 1. The molecule has 2 heterocycles. The number of pyridine rings is 1. The average molecular weight is 366 g/mol. The summed E-state index contributed by atoms with van der Waals surface area (Å²) in [5, 5.41) is 2.36. The van der Waals surface area contributed by atoms with Crippen LogP contribution in [0.5, 0.6) is 0 Å². The minimum absolute atomic E-state index is 0.0181. The normalized spacial score (nSPS) is 12.0. The number of anilines is 1. The van der Waals surface area contributed by atoms with Crippen molar-refractivity contribution in [1.29, 1.82) is 0 Å². The highest BCUT2D eigenvalue weighted by molar-refractivity contribution is 6.33. The molecular formula is C17H11ClF3N3O. The fraction of sp³-hybridized carbons (Fsp3) is 0.0588. The molecule has 0 radical (unpaired) electrons. The smallest absolute Gasteiger partial charge is 0.321 e. The van der Waals surface area contributed by atoms with Crippen LogP contribution >= 0.6 is 11.6 Å². The van der Waals surface area contributed by atoms with Crippen LogP contribution in [0.25, 0.3) is 11.7 Å². The number of amides is 1. The van der Waals surface area contributed by atoms with E-state index in [1.165, 1.54) is 12.2 Å². The summed E-state index contributed by atoms with van der Waals surface area (Å²) in [6, 6.07) is 8.19. The molecule has 1 aromatic carbocycles. The molecule has 1 N–H and O–H groups in total. The van der Waals surface area contributed by atoms with Crippen molar-refractivity contribution < 1.29 is 18.0 Å². The van der Waals surface area contributed by atoms with E-state index in [-0.39, 0.29) is 10.7 Å². The second kappa shape index (κ2) is 6.60. The van der Waals surface area contributed by atoms with Crippen molar-refractivity contribution in [3.8, 4) is 0 Å². The number of aromatic nitrogens is 2. The molecule has 0 aliphatic carbocycles. The van der Waals surface area contributed by atoms with Crippen LogP contribution in [-0.2, 0) is 11.0 Å². The second-order valence-corrected chi connectivity index (χ2v) is 5.53. The van der Waals surface area contributed by atoms with Crippen LogP contribution in [0.1, 0.15) is 11.3 Å². The van der Waals surface area contributed by atoms with Gasteiger partial charge in [-0.25, -0.2) is 4.98 Å². The van der Waals surface area contributed by atoms with Crippen LogP contribution in [0.2, 0.25) is 5.02 Å². The van der Waals surface area contributed by atoms with Crippen molar-refractivity contribution in [1.82, 2.24) is 9.38 Å². The van der Waals surface area contributed by atoms with E-state index in [4.69, 9.17) is 11.6 Å². The van der Waals surface area contributed by atoms with E-state index in [9.17, 15) is 18.0 Å². The Hall–Kier alpha value is -2.80. The molecule has 0 aliphatic rings. The van der Waals surface area contributed by atoms with Gasteiger partial charge in [-0.1, -0.05) is 17.7 Å². The van der Waals surface area contributed by atoms with Gasteiger partial charge in [0.15, 0.2) is 0 Å². The largest absolute Gasteiger partial charge is 0.416 e. The average Bonchev–Trinajstić information content (AvgIpc) is 2.97. The van der Waals surface area contributed by atoms with Crippen LogP contribution in [0.3, 0.4) is 0 Å². The van der Waals surface area contributed by atoms with Gasteiger partial charge in [0.2, 0.25) is 5.91 Å². The van der Waals surface area contributed by atoms with E-state index in [1.807, 2.05) is 12.1 Å². The quantitative estimate of drug-likeness (QED) is 0.686. The Bertz CT molecular complexity index is 963. The van der Waals surface area contributed by atoms with E-state index in [2.05, 4.69) is 10.3 Å². The van der Waals surface area contributed by atoms with Gasteiger partial charge >= 0.3 is 6.18 Å². The Morgan fingerprint density at radius 3 is 2.80 bits per heavy atom. The molecule has 8 heteroatoms. The third-order valence-electron chi connectivity index (χ3n) is 3.40. The van der Waals surface area contributed by atoms with Crippen LogP contribution in [-0.4, -0.2) is 15.3 Å². The van der Waals surface area contributed by atoms with E-state index in [0.717, 1.165) is 18.2 Å². The van der Waals surface area contributed by atoms with Crippen molar-refractivity contribution >= 4 is 34.9 Å². The molecule has 0 unspecified atom stereocenters. The predicted molar refractivity (Wildman–Crippen MR) is 89.3 cm³/mol. The maximum absolute atomic E-state index is 12.7. The van der Waals surface area contributed by atoms with Crippen molar-refractivity contribution in [2.75, 3.05) is 5.32 Å². The summed E-state index contributed by atoms with van der Waals surface area (Å²) in [6.07, 6.45) is 1.56. The molecule has 0 aliphatic heterocycles. The third-order valence-corrected chi connectivity index (χ3v) is 3.73. The highest BCUT2D eigenvalue weighted by atomic mass is 35.5. The van der Waals surface area contributed by atoms with Gasteiger partial charge in [0.05, 0.1) is 28.2 Å². The number of fused-ring (bicyclic) bond motifs is 1. The summed E-state index contributed by atoms with van der Waals surface area (Å²) < 4.78 is 40.0. The van der Waals surface area contributed by atoms with Gasteiger partial charge in [0.25, 0.3) is 0 Å². The lowest BCUT2D eigenvalue weighted by Gasteiger charge is -2.10. The standard InChI is InChI=1S/C17H11ClF3N3O/c18-13-6-4-11(17(19,20)21)9-14(13)23-16(25)7-5-12-10-22-15-3-1-2-8-24(12)15/h1-10H,(H,23,25)/b7-5+. The van der Waals surface area contributed by atoms with Crippen LogP contribution in [0.4, 0.5) is 18.9 Å². The number of carbonyl (C=O) groups is 1. The predicted octanol–water partition coefficient (Wildman–Crippen LogP) is 4.66. The lowest BCUT2D eigenvalue weighted by molar-refractivity contribution is -0.137. The maximum atomic E-state index is 12.7. The highest BCUT2D eigenvalue weighted by Gasteiger charge is 2.31. The monoisotopic (exact) mass is 365 g/mol. The number of rotatable bonds is 3. The Kier molecular flexibility index (Phi) is 4.50. The minimum atomic E-state index is -4.52. The van der Waals surface area contributed by atoms with Crippen LogP contribution in [0.15, 0.2) is 54.9 Å². The zero-order valence-electron chi connectivity index (χ0n) is 12.6. The highest BCUT2D eigenvalue weighted by Crippen LogP contribution is 2.33. The zero-order chi connectivity index (χ0) is 18.0. The second-order valence-electron chi connectivity index (χ2n) is 5.13. The van der Waals surface area contributed by atoms with Crippen molar-refractivity contribution in [2.24, 2.45) is 0 Å². The number of nitrogens with zero attached hydrogens (tertiary/aromatic N) is 2. The van der Waals surface area contributed by atoms with Gasteiger partial charge < -0.3 is 9.72 Å². The SMILES string of the molecule is O=C(/C=C/c1cnc2ccccn12)Nc1cc(C(F)(F)F)ccc1Cl. The van der Waals surface area contributed by atoms with Gasteiger partial charge in [-0.15, -0.1) is 0 Å². The van der Waals surface area contributed by atoms with Crippen LogP contribution < -0.4 is 5.32 Å². The Morgan fingerprint density at radius 1 is 1.24 bits per heavy atom. The van der Waals surface area contributed by atoms with Gasteiger partial charge in [0.1, 0.15) is 5.65 Å². The van der Waals surface area contributed by atoms with Crippen molar-refractivity contribution in [3.05, 3.63) is 71.1 Å². The van der Waals surface area contributed by atoms with Crippen LogP contribution in [0, 0.1) is 0 Å². The molecule has 3 aromatic rings. The molecule has 2 aromatic heterocycles. The number of hydrogen-bond donors (Lipinski definition) is 1. The van der Waals surface area contributed by atoms with E-state index in [0.29, 0.717) is 11.3 Å². The first-order chi connectivity index (χ1) is 11.8. The molecular weight excluding hydrogens is 355 g/mol. The molecule has 0 spiro atoms. The summed E-state index contributed by atoms with van der Waals surface area (Å²) >= 11 is 5.85. The number of carbonyl (C=O) groups excluding carboxylic acids is 1. The maximum Gasteiger partial charge on any atom is 0.416 e. The number of halogens is 4. The third kappa shape index (κ3) is 3.83. The summed E-state index contributed by atoms with van der Waals surface area (Å²) in [6.45, 7) is 0. The Balaban J connectivity index is 1.79. The first kappa shape index (κ1) is 17.0. The van der Waals surface area contributed by atoms with Gasteiger partial charge in [-0.3, -0.25) is 4.79 Å². The van der Waals surface area contributed by atoms with Gasteiger partial charge in [-0.05, 0) is 36.4 Å². The first-order valence-electron chi connectivity index (χ1n) is 7.12. The first-order valence-corrected chi connectivity index (χ1v) is 7.50. The Morgan fingerprint density at radius 2 is 2.04 bits per heavy atom.